The number of anilines is 2. The lowest BCUT2D eigenvalue weighted by molar-refractivity contribution is 0.598. The van der Waals surface area contributed by atoms with Crippen LogP contribution < -0.4 is 10.5 Å². The first-order valence-electron chi connectivity index (χ1n) is 6.05. The molecule has 0 radical (unpaired) electrons. The molecule has 0 heterocycles. The average Bonchev–Trinajstić information content (AvgIpc) is 2.35. The molecular weight excluding hydrogens is 359 g/mol. The Kier molecular flexibility index (Phi) is 4.25. The van der Waals surface area contributed by atoms with E-state index >= 15 is 0 Å². The van der Waals surface area contributed by atoms with Crippen molar-refractivity contribution in [1.82, 2.24) is 0 Å². The maximum absolute atomic E-state index is 13.1. The molecule has 2 rings (SSSR count). The minimum absolute atomic E-state index is 0.0231. The molecule has 0 aliphatic carbocycles. The number of hydrogen-bond acceptors (Lipinski definition) is 3. The summed E-state index contributed by atoms with van der Waals surface area (Å²) in [6.07, 6.45) is 0. The van der Waals surface area contributed by atoms with Gasteiger partial charge in [-0.2, -0.15) is 0 Å². The number of benzene rings is 2. The first kappa shape index (κ1) is 15.8. The second-order valence-corrected chi connectivity index (χ2v) is 7.21. The average molecular weight is 373 g/mol. The maximum Gasteiger partial charge on any atom is 0.262 e. The van der Waals surface area contributed by atoms with Crippen molar-refractivity contribution in [2.75, 3.05) is 10.5 Å². The van der Waals surface area contributed by atoms with Crippen molar-refractivity contribution >= 4 is 37.3 Å². The van der Waals surface area contributed by atoms with Crippen LogP contribution in [0.4, 0.5) is 15.8 Å². The summed E-state index contributed by atoms with van der Waals surface area (Å²) >= 11 is 3.29. The van der Waals surface area contributed by atoms with Crippen LogP contribution in [0.2, 0.25) is 0 Å². The molecule has 0 spiro atoms. The van der Waals surface area contributed by atoms with Gasteiger partial charge in [-0.1, -0.05) is 0 Å². The third kappa shape index (κ3) is 3.36. The zero-order chi connectivity index (χ0) is 15.8. The van der Waals surface area contributed by atoms with Gasteiger partial charge in [-0.15, -0.1) is 0 Å². The van der Waals surface area contributed by atoms with Crippen molar-refractivity contribution in [3.8, 4) is 0 Å². The third-order valence-electron chi connectivity index (χ3n) is 3.03. The predicted octanol–water partition coefficient (Wildman–Crippen LogP) is 3.59. The van der Waals surface area contributed by atoms with Gasteiger partial charge in [0, 0.05) is 10.2 Å². The summed E-state index contributed by atoms with van der Waals surface area (Å²) in [7, 11) is -3.82. The highest BCUT2D eigenvalue weighted by molar-refractivity contribution is 9.10. The highest BCUT2D eigenvalue weighted by Crippen LogP contribution is 2.30. The summed E-state index contributed by atoms with van der Waals surface area (Å²) in [5.41, 5.74) is 7.77. The molecule has 0 aromatic heterocycles. The summed E-state index contributed by atoms with van der Waals surface area (Å²) in [5, 5.41) is 0. The zero-order valence-electron chi connectivity index (χ0n) is 11.4. The van der Waals surface area contributed by atoms with Crippen molar-refractivity contribution in [2.24, 2.45) is 0 Å². The normalized spacial score (nSPS) is 11.4. The zero-order valence-corrected chi connectivity index (χ0v) is 13.8. The number of hydrogen-bond donors (Lipinski definition) is 2. The molecule has 7 heteroatoms. The van der Waals surface area contributed by atoms with Gasteiger partial charge in [0.2, 0.25) is 0 Å². The summed E-state index contributed by atoms with van der Waals surface area (Å²) in [5.74, 6) is -0.479. The van der Waals surface area contributed by atoms with E-state index in [2.05, 4.69) is 20.7 Å². The molecular formula is C14H14BrFN2O2S. The van der Waals surface area contributed by atoms with E-state index in [1.807, 2.05) is 6.92 Å². The lowest BCUT2D eigenvalue weighted by Crippen LogP contribution is -2.15. The molecule has 21 heavy (non-hydrogen) atoms. The Bertz CT molecular complexity index is 807. The van der Waals surface area contributed by atoms with Crippen molar-refractivity contribution in [2.45, 2.75) is 18.7 Å². The molecule has 0 amide bonds. The molecule has 0 fully saturated rings. The SMILES string of the molecule is Cc1cc(Br)c(NS(=O)(=O)c2ccc(F)cc2C)cc1N. The molecule has 0 atom stereocenters. The van der Waals surface area contributed by atoms with Crippen LogP contribution in [0.15, 0.2) is 39.7 Å². The summed E-state index contributed by atoms with van der Waals surface area (Å²) in [4.78, 5) is 0.0231. The number of halogens is 2. The molecule has 2 aromatic rings. The molecule has 0 saturated heterocycles. The minimum Gasteiger partial charge on any atom is -0.398 e. The van der Waals surface area contributed by atoms with Crippen LogP contribution >= 0.6 is 15.9 Å². The van der Waals surface area contributed by atoms with Crippen LogP contribution in [0.3, 0.4) is 0 Å². The molecule has 0 aliphatic rings. The van der Waals surface area contributed by atoms with Crippen LogP contribution in [0.1, 0.15) is 11.1 Å². The van der Waals surface area contributed by atoms with Gasteiger partial charge in [-0.05, 0) is 71.2 Å². The van der Waals surface area contributed by atoms with E-state index < -0.39 is 15.8 Å². The Morgan fingerprint density at radius 1 is 1.14 bits per heavy atom. The van der Waals surface area contributed by atoms with Gasteiger partial charge in [-0.25, -0.2) is 12.8 Å². The van der Waals surface area contributed by atoms with Crippen LogP contribution in [0, 0.1) is 19.7 Å². The van der Waals surface area contributed by atoms with Gasteiger partial charge >= 0.3 is 0 Å². The second-order valence-electron chi connectivity index (χ2n) is 4.70. The largest absolute Gasteiger partial charge is 0.398 e. The highest BCUT2D eigenvalue weighted by Gasteiger charge is 2.19. The Balaban J connectivity index is 2.45. The monoisotopic (exact) mass is 372 g/mol. The fraction of sp³-hybridized carbons (Fsp3) is 0.143. The van der Waals surface area contributed by atoms with Gasteiger partial charge in [0.1, 0.15) is 5.82 Å². The standard InChI is InChI=1S/C14H14BrFN2O2S/c1-8-6-11(15)13(7-12(8)17)18-21(19,20)14-4-3-10(16)5-9(14)2/h3-7,18H,17H2,1-2H3. The Morgan fingerprint density at radius 2 is 1.81 bits per heavy atom. The Morgan fingerprint density at radius 3 is 2.43 bits per heavy atom. The smallest absolute Gasteiger partial charge is 0.262 e. The van der Waals surface area contributed by atoms with Crippen LogP contribution in [0.5, 0.6) is 0 Å². The van der Waals surface area contributed by atoms with Crippen molar-refractivity contribution in [1.29, 1.82) is 0 Å². The van der Waals surface area contributed by atoms with E-state index in [1.54, 1.807) is 6.07 Å². The van der Waals surface area contributed by atoms with Crippen molar-refractivity contribution < 1.29 is 12.8 Å². The summed E-state index contributed by atoms with van der Waals surface area (Å²) in [6.45, 7) is 3.36. The van der Waals surface area contributed by atoms with E-state index in [0.717, 1.165) is 11.6 Å². The number of rotatable bonds is 3. The van der Waals surface area contributed by atoms with E-state index in [4.69, 9.17) is 5.73 Å². The quantitative estimate of drug-likeness (QED) is 0.808. The highest BCUT2D eigenvalue weighted by atomic mass is 79.9. The molecule has 0 saturated carbocycles. The lowest BCUT2D eigenvalue weighted by Gasteiger charge is -2.13. The Labute approximate surface area is 131 Å². The Hall–Kier alpha value is -1.60. The van der Waals surface area contributed by atoms with Crippen molar-refractivity contribution in [3.05, 3.63) is 51.7 Å². The fourth-order valence-corrected chi connectivity index (χ4v) is 3.87. The van der Waals surface area contributed by atoms with Crippen LogP contribution in [-0.4, -0.2) is 8.42 Å². The minimum atomic E-state index is -3.82. The third-order valence-corrected chi connectivity index (χ3v) is 5.21. The summed E-state index contributed by atoms with van der Waals surface area (Å²) < 4.78 is 40.9. The van der Waals surface area contributed by atoms with Crippen molar-refractivity contribution in [3.63, 3.8) is 0 Å². The topological polar surface area (TPSA) is 72.2 Å². The molecule has 112 valence electrons. The second kappa shape index (κ2) is 5.65. The van der Waals surface area contributed by atoms with Gasteiger partial charge in [-0.3, -0.25) is 4.72 Å². The molecule has 0 aliphatic heterocycles. The number of aryl methyl sites for hydroxylation is 2. The number of nitrogens with two attached hydrogens (primary N) is 1. The van der Waals surface area contributed by atoms with E-state index in [-0.39, 0.29) is 4.90 Å². The van der Waals surface area contributed by atoms with Crippen LogP contribution in [-0.2, 0) is 10.0 Å². The first-order valence-corrected chi connectivity index (χ1v) is 8.33. The molecule has 4 nitrogen and oxygen atoms in total. The first-order chi connectivity index (χ1) is 9.70. The summed E-state index contributed by atoms with van der Waals surface area (Å²) in [6, 6.07) is 6.78. The maximum atomic E-state index is 13.1. The van der Waals surface area contributed by atoms with Crippen LogP contribution in [0.25, 0.3) is 0 Å². The molecule has 3 N–H and O–H groups in total. The molecule has 0 unspecified atom stereocenters. The van der Waals surface area contributed by atoms with Gasteiger partial charge in [0.05, 0.1) is 10.6 Å². The number of nitrogens with one attached hydrogen (secondary N) is 1. The molecule has 0 bridgehead atoms. The van der Waals surface area contributed by atoms with E-state index in [0.29, 0.717) is 21.4 Å². The van der Waals surface area contributed by atoms with Gasteiger partial charge in [0.25, 0.3) is 10.0 Å². The number of sulfonamides is 1. The van der Waals surface area contributed by atoms with Gasteiger partial charge in [0.15, 0.2) is 0 Å². The predicted molar refractivity (Wildman–Crippen MR) is 85.2 cm³/mol. The number of nitrogen functional groups attached to an aromatic ring is 1. The van der Waals surface area contributed by atoms with Gasteiger partial charge < -0.3 is 5.73 Å². The van der Waals surface area contributed by atoms with E-state index in [9.17, 15) is 12.8 Å². The van der Waals surface area contributed by atoms with E-state index in [1.165, 1.54) is 25.1 Å². The lowest BCUT2D eigenvalue weighted by atomic mass is 10.2. The molecule has 2 aromatic carbocycles. The fourth-order valence-electron chi connectivity index (χ4n) is 1.88.